The Balaban J connectivity index is 0.00000300. The minimum Gasteiger partial charge on any atom is -0.550 e. The van der Waals surface area contributed by atoms with Gasteiger partial charge in [0, 0.05) is 5.97 Å². The quantitative estimate of drug-likeness (QED) is 0.244. The first-order valence-electron chi connectivity index (χ1n) is 8.36. The number of ether oxygens (including phenoxy) is 2. The molecule has 0 bridgehead atoms. The number of esters is 1. The monoisotopic (exact) mass is 418 g/mol. The molecular formula is C15H19N6NaO7. The summed E-state index contributed by atoms with van der Waals surface area (Å²) < 4.78 is 12.0. The molecule has 0 unspecified atom stereocenters. The first-order chi connectivity index (χ1) is 13.3. The number of aliphatic hydroxyl groups is 2. The minimum absolute atomic E-state index is 0. The summed E-state index contributed by atoms with van der Waals surface area (Å²) >= 11 is 0. The van der Waals surface area contributed by atoms with Gasteiger partial charge in [-0.25, -0.2) is 15.0 Å². The van der Waals surface area contributed by atoms with Crippen molar-refractivity contribution >= 4 is 28.9 Å². The zero-order valence-corrected chi connectivity index (χ0v) is 17.5. The molecule has 29 heavy (non-hydrogen) atoms. The van der Waals surface area contributed by atoms with E-state index < -0.39 is 55.5 Å². The van der Waals surface area contributed by atoms with Gasteiger partial charge in [0.2, 0.25) is 0 Å². The van der Waals surface area contributed by atoms with Crippen LogP contribution in [0.4, 0.5) is 5.82 Å². The van der Waals surface area contributed by atoms with E-state index in [0.717, 1.165) is 0 Å². The Labute approximate surface area is 186 Å². The van der Waals surface area contributed by atoms with E-state index in [4.69, 9.17) is 20.9 Å². The molecule has 14 heteroatoms. The van der Waals surface area contributed by atoms with Crippen LogP contribution >= 0.6 is 0 Å². The zero-order valence-electron chi connectivity index (χ0n) is 15.5. The number of carbonyl (C=O) groups excluding carboxylic acids is 2. The van der Waals surface area contributed by atoms with E-state index in [0.29, 0.717) is 11.2 Å². The van der Waals surface area contributed by atoms with Crippen LogP contribution in [-0.2, 0) is 19.1 Å². The molecule has 3 rings (SSSR count). The summed E-state index contributed by atoms with van der Waals surface area (Å²) in [5.74, 6) is -2.04. The summed E-state index contributed by atoms with van der Waals surface area (Å²) in [6.07, 6.45) is -2.81. The molecule has 13 nitrogen and oxygen atoms in total. The van der Waals surface area contributed by atoms with Crippen LogP contribution in [0.3, 0.4) is 0 Å². The second kappa shape index (κ2) is 9.75. The molecule has 0 spiro atoms. The normalized spacial score (nSPS) is 24.8. The standard InChI is InChI=1S/C15H20N6O7.Na/c16-6(1-2-8(22)23)15(26)27-3-7-10(24)11(25)14(28-7)21-5-20-9-12(17)18-4-19-13(9)21;/h4-7,10-11,14,24-25H,1-3,16H2,(H,22,23)(H2,17,18,19);/q;+1/p-1/t6-,7+,10+,11+,14+;/m0./s1. The maximum absolute atomic E-state index is 11.8. The molecule has 0 amide bonds. The molecule has 5 atom stereocenters. The van der Waals surface area contributed by atoms with E-state index in [9.17, 15) is 24.9 Å². The first-order valence-corrected chi connectivity index (χ1v) is 8.36. The van der Waals surface area contributed by atoms with E-state index in [-0.39, 0.29) is 41.8 Å². The van der Waals surface area contributed by atoms with Crippen LogP contribution in [0.1, 0.15) is 19.1 Å². The summed E-state index contributed by atoms with van der Waals surface area (Å²) in [5.41, 5.74) is 11.9. The molecule has 1 fully saturated rings. The van der Waals surface area contributed by atoms with Gasteiger partial charge in [-0.3, -0.25) is 9.36 Å². The third-order valence-electron chi connectivity index (χ3n) is 4.35. The number of nitrogens with two attached hydrogens (primary N) is 2. The van der Waals surface area contributed by atoms with Crippen molar-refractivity contribution in [3.63, 3.8) is 0 Å². The van der Waals surface area contributed by atoms with Crippen molar-refractivity contribution in [2.45, 2.75) is 43.4 Å². The van der Waals surface area contributed by atoms with Crippen LogP contribution in [0.25, 0.3) is 11.2 Å². The fourth-order valence-corrected chi connectivity index (χ4v) is 2.82. The van der Waals surface area contributed by atoms with Crippen molar-refractivity contribution in [2.24, 2.45) is 5.73 Å². The Morgan fingerprint density at radius 3 is 2.72 bits per heavy atom. The molecule has 0 aliphatic carbocycles. The number of hydrogen-bond acceptors (Lipinski definition) is 12. The van der Waals surface area contributed by atoms with Crippen LogP contribution in [0.2, 0.25) is 0 Å². The van der Waals surface area contributed by atoms with Crippen LogP contribution in [0.15, 0.2) is 12.7 Å². The van der Waals surface area contributed by atoms with E-state index >= 15 is 0 Å². The number of carboxylic acids is 1. The van der Waals surface area contributed by atoms with Gasteiger partial charge in [-0.1, -0.05) is 0 Å². The van der Waals surface area contributed by atoms with Gasteiger partial charge in [0.15, 0.2) is 17.7 Å². The summed E-state index contributed by atoms with van der Waals surface area (Å²) in [6.45, 7) is -0.393. The van der Waals surface area contributed by atoms with Gasteiger partial charge in [0.25, 0.3) is 0 Å². The van der Waals surface area contributed by atoms with Crippen molar-refractivity contribution in [2.75, 3.05) is 12.3 Å². The molecule has 2 aromatic rings. The summed E-state index contributed by atoms with van der Waals surface area (Å²) in [5, 5.41) is 30.9. The molecule has 1 saturated heterocycles. The number of aromatic nitrogens is 4. The maximum atomic E-state index is 11.8. The molecule has 6 N–H and O–H groups in total. The number of anilines is 1. The number of nitrogen functional groups attached to an aromatic ring is 1. The predicted molar refractivity (Wildman–Crippen MR) is 88.8 cm³/mol. The van der Waals surface area contributed by atoms with Gasteiger partial charge in [0.1, 0.15) is 42.8 Å². The number of aliphatic hydroxyl groups excluding tert-OH is 2. The Morgan fingerprint density at radius 2 is 2.03 bits per heavy atom. The number of carboxylic acid groups (broad SMARTS) is 1. The van der Waals surface area contributed by atoms with Crippen molar-refractivity contribution in [1.82, 2.24) is 19.5 Å². The van der Waals surface area contributed by atoms with Crippen molar-refractivity contribution in [3.05, 3.63) is 12.7 Å². The molecule has 3 heterocycles. The van der Waals surface area contributed by atoms with E-state index in [1.54, 1.807) is 0 Å². The fourth-order valence-electron chi connectivity index (χ4n) is 2.82. The van der Waals surface area contributed by atoms with Crippen molar-refractivity contribution in [1.29, 1.82) is 0 Å². The topological polar surface area (TPSA) is 212 Å². The van der Waals surface area contributed by atoms with Crippen molar-refractivity contribution in [3.8, 4) is 0 Å². The third-order valence-corrected chi connectivity index (χ3v) is 4.35. The predicted octanol–water partition coefficient (Wildman–Crippen LogP) is -6.57. The molecule has 152 valence electrons. The molecular weight excluding hydrogens is 399 g/mol. The van der Waals surface area contributed by atoms with Crippen molar-refractivity contribution < 1.29 is 63.9 Å². The average molecular weight is 418 g/mol. The summed E-state index contributed by atoms with van der Waals surface area (Å²) in [7, 11) is 0. The number of fused-ring (bicyclic) bond motifs is 1. The summed E-state index contributed by atoms with van der Waals surface area (Å²) in [4.78, 5) is 34.2. The number of rotatable bonds is 7. The largest absolute Gasteiger partial charge is 1.00 e. The second-order valence-corrected chi connectivity index (χ2v) is 6.28. The van der Waals surface area contributed by atoms with Crippen LogP contribution < -0.4 is 46.1 Å². The number of carbonyl (C=O) groups is 2. The van der Waals surface area contributed by atoms with E-state index in [2.05, 4.69) is 15.0 Å². The van der Waals surface area contributed by atoms with E-state index in [1.165, 1.54) is 17.2 Å². The van der Waals surface area contributed by atoms with E-state index in [1.807, 2.05) is 0 Å². The maximum Gasteiger partial charge on any atom is 1.00 e. The van der Waals surface area contributed by atoms with Crippen LogP contribution in [0, 0.1) is 0 Å². The molecule has 1 aliphatic heterocycles. The van der Waals surface area contributed by atoms with Crippen LogP contribution in [0.5, 0.6) is 0 Å². The van der Waals surface area contributed by atoms with Gasteiger partial charge in [-0.05, 0) is 12.8 Å². The smallest absolute Gasteiger partial charge is 0.550 e. The molecule has 0 radical (unpaired) electrons. The summed E-state index contributed by atoms with van der Waals surface area (Å²) in [6, 6.07) is -1.16. The zero-order chi connectivity index (χ0) is 20.4. The Kier molecular flexibility index (Phi) is 7.87. The fraction of sp³-hybridized carbons (Fsp3) is 0.533. The molecule has 0 saturated carbocycles. The van der Waals surface area contributed by atoms with Crippen LogP contribution in [-0.4, -0.2) is 72.6 Å². The molecule has 1 aliphatic rings. The number of nitrogens with zero attached hydrogens (tertiary/aromatic N) is 4. The molecule has 0 aromatic carbocycles. The number of hydrogen-bond donors (Lipinski definition) is 4. The second-order valence-electron chi connectivity index (χ2n) is 6.28. The first kappa shape index (κ1) is 23.4. The van der Waals surface area contributed by atoms with Gasteiger partial charge < -0.3 is 41.1 Å². The SMILES string of the molecule is Nc1ncnc2c1ncn2[C@@H]1O[C@H](COC(=O)[C@@H](N)CCC(=O)[O-])[C@@H](O)[C@H]1O.[Na+]. The van der Waals surface area contributed by atoms with Gasteiger partial charge in [-0.2, -0.15) is 0 Å². The van der Waals surface area contributed by atoms with Gasteiger partial charge in [-0.15, -0.1) is 0 Å². The Morgan fingerprint density at radius 1 is 1.31 bits per heavy atom. The van der Waals surface area contributed by atoms with Gasteiger partial charge >= 0.3 is 35.5 Å². The Bertz CT molecular complexity index is 880. The van der Waals surface area contributed by atoms with Gasteiger partial charge in [0.05, 0.1) is 6.33 Å². The Hall–Kier alpha value is -1.87. The number of aliphatic carboxylic acids is 1. The number of imidazole rings is 1. The molecule has 2 aromatic heterocycles. The third kappa shape index (κ3) is 5.01. The average Bonchev–Trinajstić information content (AvgIpc) is 3.21. The minimum atomic E-state index is -1.37.